The van der Waals surface area contributed by atoms with Gasteiger partial charge in [-0.1, -0.05) is 42.9 Å². The minimum absolute atomic E-state index is 0.0787. The van der Waals surface area contributed by atoms with E-state index in [0.717, 1.165) is 34.6 Å². The molecule has 1 aliphatic heterocycles. The molecule has 166 valence electrons. The molecule has 0 saturated heterocycles. The van der Waals surface area contributed by atoms with Gasteiger partial charge in [-0.15, -0.1) is 11.3 Å². The topological polar surface area (TPSA) is 83.3 Å². The van der Waals surface area contributed by atoms with Crippen molar-refractivity contribution in [2.75, 3.05) is 13.7 Å². The van der Waals surface area contributed by atoms with Gasteiger partial charge < -0.3 is 14.2 Å². The van der Waals surface area contributed by atoms with Gasteiger partial charge in [-0.2, -0.15) is 0 Å². The lowest BCUT2D eigenvalue weighted by Gasteiger charge is -2.09. The van der Waals surface area contributed by atoms with E-state index in [2.05, 4.69) is 9.58 Å². The number of benzene rings is 1. The van der Waals surface area contributed by atoms with Crippen molar-refractivity contribution in [2.45, 2.75) is 36.5 Å². The van der Waals surface area contributed by atoms with E-state index in [1.807, 2.05) is 19.9 Å². The van der Waals surface area contributed by atoms with Gasteiger partial charge in [0, 0.05) is 4.90 Å². The second kappa shape index (κ2) is 10.7. The molecule has 1 aromatic carbocycles. The molecule has 2 aromatic rings. The zero-order chi connectivity index (χ0) is 23.3. The highest BCUT2D eigenvalue weighted by Gasteiger charge is 2.30. The van der Waals surface area contributed by atoms with Crippen molar-refractivity contribution in [1.29, 1.82) is 0 Å². The van der Waals surface area contributed by atoms with E-state index in [-0.39, 0.29) is 17.2 Å². The highest BCUT2D eigenvalue weighted by atomic mass is 32.2. The maximum Gasteiger partial charge on any atom is 0.353 e. The third-order valence-corrected chi connectivity index (χ3v) is 8.06. The Hall–Kier alpha value is -2.74. The van der Waals surface area contributed by atoms with Gasteiger partial charge in [-0.05, 0) is 37.1 Å². The van der Waals surface area contributed by atoms with Crippen LogP contribution in [0.25, 0.3) is 4.85 Å². The van der Waals surface area contributed by atoms with Crippen LogP contribution in [0.4, 0.5) is 0 Å². The third kappa shape index (κ3) is 5.18. The highest BCUT2D eigenvalue weighted by molar-refractivity contribution is 8.24. The van der Waals surface area contributed by atoms with Crippen molar-refractivity contribution < 1.29 is 28.6 Å². The Morgan fingerprint density at radius 1 is 1.03 bits per heavy atom. The van der Waals surface area contributed by atoms with E-state index in [9.17, 15) is 14.4 Å². The standard InChI is InChI=1S/C22H19NO6S3/c1-5-6-11-28-21(26)16(23-3)22-31-17-12(2)7-8-13(18(17)32-22)29-20(25)15-10-9-14(30-15)19(24)27-4/h7-10H,5-6,11H2,1-2,4H3. The molecule has 7 nitrogen and oxygen atoms in total. The molecule has 0 N–H and O–H groups in total. The number of ether oxygens (including phenoxy) is 3. The third-order valence-electron chi connectivity index (χ3n) is 4.29. The van der Waals surface area contributed by atoms with Gasteiger partial charge in [0.05, 0.1) is 29.4 Å². The SMILES string of the molecule is [C-]#[N+]C(C(=O)OCCCC)=C1Sc2c(C)ccc(OC(=O)c3ccc(C(=O)OC)s3)c2S1. The van der Waals surface area contributed by atoms with Crippen molar-refractivity contribution in [1.82, 2.24) is 0 Å². The Kier molecular flexibility index (Phi) is 8.01. The average molecular weight is 490 g/mol. The summed E-state index contributed by atoms with van der Waals surface area (Å²) >= 11 is 3.48. The lowest BCUT2D eigenvalue weighted by Crippen LogP contribution is -2.08. The fraction of sp³-hybridized carbons (Fsp3) is 0.273. The molecule has 10 heteroatoms. The molecule has 32 heavy (non-hydrogen) atoms. The molecular formula is C22H19NO6S3. The molecule has 1 aliphatic rings. The monoisotopic (exact) mass is 489 g/mol. The summed E-state index contributed by atoms with van der Waals surface area (Å²) in [6.45, 7) is 11.6. The summed E-state index contributed by atoms with van der Waals surface area (Å²) in [5.41, 5.74) is 0.852. The first kappa shape index (κ1) is 23.9. The van der Waals surface area contributed by atoms with Gasteiger partial charge in [-0.3, -0.25) is 4.79 Å². The molecule has 0 spiro atoms. The zero-order valence-corrected chi connectivity index (χ0v) is 20.0. The van der Waals surface area contributed by atoms with Crippen LogP contribution in [-0.2, 0) is 14.3 Å². The van der Waals surface area contributed by atoms with Gasteiger partial charge >= 0.3 is 17.9 Å². The normalized spacial score (nSPS) is 13.7. The number of unbranched alkanes of at least 4 members (excludes halogenated alkanes) is 1. The highest BCUT2D eigenvalue weighted by Crippen LogP contribution is 2.57. The van der Waals surface area contributed by atoms with Crippen molar-refractivity contribution in [3.8, 4) is 5.75 Å². The summed E-state index contributed by atoms with van der Waals surface area (Å²) in [4.78, 5) is 42.0. The van der Waals surface area contributed by atoms with Crippen LogP contribution in [0.1, 0.15) is 44.7 Å². The smallest absolute Gasteiger partial charge is 0.353 e. The number of thioether (sulfide) groups is 2. The summed E-state index contributed by atoms with van der Waals surface area (Å²) in [7, 11) is 1.27. The van der Waals surface area contributed by atoms with Gasteiger partial charge in [-0.25, -0.2) is 14.4 Å². The predicted molar refractivity (Wildman–Crippen MR) is 123 cm³/mol. The molecule has 0 saturated carbocycles. The summed E-state index contributed by atoms with van der Waals surface area (Å²) < 4.78 is 16.0. The molecule has 0 unspecified atom stereocenters. The van der Waals surface area contributed by atoms with E-state index in [1.165, 1.54) is 42.8 Å². The number of nitrogens with zero attached hydrogens (tertiary/aromatic N) is 1. The second-order valence-corrected chi connectivity index (χ2v) is 9.91. The maximum absolute atomic E-state index is 12.6. The lowest BCUT2D eigenvalue weighted by atomic mass is 10.2. The molecule has 0 amide bonds. The number of esters is 3. The fourth-order valence-electron chi connectivity index (χ4n) is 2.61. The number of hydrogen-bond acceptors (Lipinski definition) is 9. The largest absolute Gasteiger partial charge is 0.471 e. The number of carbonyl (C=O) groups is 3. The van der Waals surface area contributed by atoms with E-state index >= 15 is 0 Å². The van der Waals surface area contributed by atoms with E-state index in [1.54, 1.807) is 6.07 Å². The summed E-state index contributed by atoms with van der Waals surface area (Å²) in [6.07, 6.45) is 1.61. The first-order valence-corrected chi connectivity index (χ1v) is 12.0. The molecule has 0 atom stereocenters. The van der Waals surface area contributed by atoms with Crippen LogP contribution >= 0.6 is 34.9 Å². The molecule has 0 bridgehead atoms. The second-order valence-electron chi connectivity index (χ2n) is 6.53. The number of carbonyl (C=O) groups excluding carboxylic acids is 3. The number of aryl methyl sites for hydroxylation is 1. The quantitative estimate of drug-likeness (QED) is 0.161. The summed E-state index contributed by atoms with van der Waals surface area (Å²) in [5.74, 6) is -1.46. The number of hydrogen-bond donors (Lipinski definition) is 0. The number of fused-ring (bicyclic) bond motifs is 1. The molecule has 2 heterocycles. The predicted octanol–water partition coefficient (Wildman–Crippen LogP) is 5.69. The Morgan fingerprint density at radius 3 is 2.38 bits per heavy atom. The molecule has 1 aromatic heterocycles. The van der Waals surface area contributed by atoms with Gasteiger partial charge in [0.25, 0.3) is 5.70 Å². The van der Waals surface area contributed by atoms with Gasteiger partial charge in [0.1, 0.15) is 15.5 Å². The van der Waals surface area contributed by atoms with Gasteiger partial charge in [0.2, 0.25) is 0 Å². The Morgan fingerprint density at radius 2 is 1.72 bits per heavy atom. The van der Waals surface area contributed by atoms with Gasteiger partial charge in [0.15, 0.2) is 0 Å². The zero-order valence-electron chi connectivity index (χ0n) is 17.6. The molecule has 0 fully saturated rings. The van der Waals surface area contributed by atoms with Crippen LogP contribution in [0.15, 0.2) is 44.0 Å². The van der Waals surface area contributed by atoms with Crippen LogP contribution < -0.4 is 4.74 Å². The van der Waals surface area contributed by atoms with Crippen LogP contribution in [0.5, 0.6) is 5.75 Å². The minimum atomic E-state index is -0.652. The summed E-state index contributed by atoms with van der Waals surface area (Å²) in [6, 6.07) is 6.49. The van der Waals surface area contributed by atoms with Crippen LogP contribution in [0, 0.1) is 13.5 Å². The molecule has 0 radical (unpaired) electrons. The average Bonchev–Trinajstić information content (AvgIpc) is 3.44. The van der Waals surface area contributed by atoms with E-state index in [4.69, 9.17) is 16.0 Å². The maximum atomic E-state index is 12.6. The number of rotatable bonds is 7. The van der Waals surface area contributed by atoms with Crippen molar-refractivity contribution in [2.24, 2.45) is 0 Å². The van der Waals surface area contributed by atoms with E-state index < -0.39 is 17.9 Å². The van der Waals surface area contributed by atoms with Crippen LogP contribution in [-0.4, -0.2) is 31.6 Å². The Balaban J connectivity index is 1.84. The first-order chi connectivity index (χ1) is 15.4. The van der Waals surface area contributed by atoms with Crippen molar-refractivity contribution in [3.05, 3.63) is 60.9 Å². The minimum Gasteiger partial charge on any atom is -0.471 e. The van der Waals surface area contributed by atoms with Crippen molar-refractivity contribution >= 4 is 52.8 Å². The number of thiophene rings is 1. The molecular weight excluding hydrogens is 470 g/mol. The van der Waals surface area contributed by atoms with Crippen LogP contribution in [0.3, 0.4) is 0 Å². The van der Waals surface area contributed by atoms with Crippen molar-refractivity contribution in [3.63, 3.8) is 0 Å². The molecule has 0 aliphatic carbocycles. The Labute approximate surface area is 197 Å². The fourth-order valence-corrected chi connectivity index (χ4v) is 6.04. The summed E-state index contributed by atoms with van der Waals surface area (Å²) in [5, 5.41) is 0. The lowest BCUT2D eigenvalue weighted by molar-refractivity contribution is -0.138. The first-order valence-electron chi connectivity index (χ1n) is 9.58. The molecule has 3 rings (SSSR count). The van der Waals surface area contributed by atoms with E-state index in [0.29, 0.717) is 19.8 Å². The number of methoxy groups -OCH3 is 1. The van der Waals surface area contributed by atoms with Crippen LogP contribution in [0.2, 0.25) is 0 Å². The Bertz CT molecular complexity index is 1150.